The predicted octanol–water partition coefficient (Wildman–Crippen LogP) is 5.12. The Hall–Kier alpha value is -1.98. The Balaban J connectivity index is 1.69. The van der Waals surface area contributed by atoms with Crippen LogP contribution < -0.4 is 0 Å². The number of hydrogen-bond donors (Lipinski definition) is 0. The highest BCUT2D eigenvalue weighted by Gasteiger charge is 2.26. The van der Waals surface area contributed by atoms with E-state index in [9.17, 15) is 0 Å². The zero-order valence-electron chi connectivity index (χ0n) is 13.3. The van der Waals surface area contributed by atoms with Gasteiger partial charge >= 0.3 is 0 Å². The Kier molecular flexibility index (Phi) is 4.45. The third-order valence-corrected chi connectivity index (χ3v) is 6.01. The van der Waals surface area contributed by atoms with E-state index in [0.29, 0.717) is 5.37 Å². The Morgan fingerprint density at radius 1 is 1.21 bits per heavy atom. The van der Waals surface area contributed by atoms with Gasteiger partial charge in [0, 0.05) is 35.5 Å². The maximum atomic E-state index is 4.94. The second kappa shape index (κ2) is 6.87. The average Bonchev–Trinajstić information content (AvgIpc) is 3.23. The molecule has 0 spiro atoms. The van der Waals surface area contributed by atoms with Crippen LogP contribution in [0.1, 0.15) is 22.2 Å². The molecule has 1 aliphatic rings. The SMILES string of the molecule is CSC(=Nc1ccn2c1CSC2c1cccnc1)c1ccccc1. The largest absolute Gasteiger partial charge is 0.332 e. The molecular formula is C19H17N3S2. The highest BCUT2D eigenvalue weighted by molar-refractivity contribution is 8.13. The number of aromatic nitrogens is 2. The van der Waals surface area contributed by atoms with Crippen LogP contribution in [-0.2, 0) is 5.75 Å². The first kappa shape index (κ1) is 15.5. The van der Waals surface area contributed by atoms with Gasteiger partial charge in [0.25, 0.3) is 0 Å². The normalized spacial score (nSPS) is 17.0. The van der Waals surface area contributed by atoms with Crippen molar-refractivity contribution in [2.45, 2.75) is 11.1 Å². The maximum absolute atomic E-state index is 4.94. The predicted molar refractivity (Wildman–Crippen MR) is 104 cm³/mol. The highest BCUT2D eigenvalue weighted by Crippen LogP contribution is 2.44. The first-order valence-electron chi connectivity index (χ1n) is 7.76. The molecule has 3 aromatic rings. The molecule has 0 radical (unpaired) electrons. The number of hydrogen-bond acceptors (Lipinski definition) is 4. The lowest BCUT2D eigenvalue weighted by atomic mass is 10.2. The van der Waals surface area contributed by atoms with Gasteiger partial charge < -0.3 is 4.57 Å². The minimum atomic E-state index is 0.298. The van der Waals surface area contributed by atoms with Crippen molar-refractivity contribution in [2.24, 2.45) is 4.99 Å². The van der Waals surface area contributed by atoms with E-state index in [-0.39, 0.29) is 0 Å². The van der Waals surface area contributed by atoms with Gasteiger partial charge in [0.05, 0.1) is 11.4 Å². The number of aliphatic imine (C=N–C) groups is 1. The van der Waals surface area contributed by atoms with Crippen LogP contribution in [0.2, 0.25) is 0 Å². The maximum Gasteiger partial charge on any atom is 0.106 e. The first-order chi connectivity index (χ1) is 11.9. The van der Waals surface area contributed by atoms with Gasteiger partial charge in [0.2, 0.25) is 0 Å². The van der Waals surface area contributed by atoms with E-state index >= 15 is 0 Å². The van der Waals surface area contributed by atoms with Crippen LogP contribution in [0, 0.1) is 0 Å². The molecular weight excluding hydrogens is 334 g/mol. The fourth-order valence-corrected chi connectivity index (χ4v) is 4.74. The monoisotopic (exact) mass is 351 g/mol. The summed E-state index contributed by atoms with van der Waals surface area (Å²) < 4.78 is 2.32. The quantitative estimate of drug-likeness (QED) is 0.485. The first-order valence-corrected chi connectivity index (χ1v) is 10.0. The van der Waals surface area contributed by atoms with Crippen molar-refractivity contribution in [3.63, 3.8) is 0 Å². The number of thioether (sulfide) groups is 2. The van der Waals surface area contributed by atoms with Crippen LogP contribution >= 0.6 is 23.5 Å². The van der Waals surface area contributed by atoms with Crippen molar-refractivity contribution < 1.29 is 0 Å². The number of pyridine rings is 1. The van der Waals surface area contributed by atoms with Crippen molar-refractivity contribution in [2.75, 3.05) is 6.26 Å². The average molecular weight is 352 g/mol. The van der Waals surface area contributed by atoms with Crippen LogP contribution in [-0.4, -0.2) is 20.9 Å². The van der Waals surface area contributed by atoms with Crippen molar-refractivity contribution in [3.8, 4) is 0 Å². The molecule has 1 aliphatic heterocycles. The van der Waals surface area contributed by atoms with E-state index in [1.165, 1.54) is 16.8 Å². The van der Waals surface area contributed by atoms with E-state index in [2.05, 4.69) is 58.4 Å². The minimum Gasteiger partial charge on any atom is -0.332 e. The summed E-state index contributed by atoms with van der Waals surface area (Å²) in [6.07, 6.45) is 8.00. The number of benzene rings is 1. The van der Waals surface area contributed by atoms with Gasteiger partial charge in [0.1, 0.15) is 10.4 Å². The molecule has 0 aliphatic carbocycles. The summed E-state index contributed by atoms with van der Waals surface area (Å²) in [7, 11) is 0. The summed E-state index contributed by atoms with van der Waals surface area (Å²) in [6.45, 7) is 0. The summed E-state index contributed by atoms with van der Waals surface area (Å²) in [6, 6.07) is 16.6. The van der Waals surface area contributed by atoms with Crippen LogP contribution in [0.5, 0.6) is 0 Å². The molecule has 120 valence electrons. The summed E-state index contributed by atoms with van der Waals surface area (Å²) in [5.74, 6) is 0.974. The standard InChI is InChI=1S/C19H17N3S2/c1-23-18(14-6-3-2-4-7-14)21-16-9-11-22-17(16)13-24-19(22)15-8-5-10-20-12-15/h2-12,19H,13H2,1H3. The molecule has 3 heterocycles. The molecule has 0 bridgehead atoms. The Labute approximate surface area is 150 Å². The molecule has 1 aromatic carbocycles. The fourth-order valence-electron chi connectivity index (χ4n) is 2.87. The van der Waals surface area contributed by atoms with Crippen molar-refractivity contribution >= 4 is 34.3 Å². The van der Waals surface area contributed by atoms with Crippen LogP contribution in [0.3, 0.4) is 0 Å². The van der Waals surface area contributed by atoms with Gasteiger partial charge in [-0.25, -0.2) is 4.99 Å². The van der Waals surface area contributed by atoms with E-state index in [4.69, 9.17) is 4.99 Å². The topological polar surface area (TPSA) is 30.2 Å². The van der Waals surface area contributed by atoms with Crippen molar-refractivity contribution in [1.82, 2.24) is 9.55 Å². The zero-order valence-corrected chi connectivity index (χ0v) is 14.9. The molecule has 4 rings (SSSR count). The zero-order chi connectivity index (χ0) is 16.4. The lowest BCUT2D eigenvalue weighted by Gasteiger charge is -2.11. The molecule has 2 aromatic heterocycles. The number of rotatable bonds is 3. The fraction of sp³-hybridized carbons (Fsp3) is 0.158. The molecule has 0 saturated carbocycles. The lowest BCUT2D eigenvalue weighted by molar-refractivity contribution is 0.778. The highest BCUT2D eigenvalue weighted by atomic mass is 32.2. The number of fused-ring (bicyclic) bond motifs is 1. The van der Waals surface area contributed by atoms with Gasteiger partial charge in [-0.3, -0.25) is 4.98 Å². The Bertz CT molecular complexity index is 857. The van der Waals surface area contributed by atoms with Crippen LogP contribution in [0.15, 0.2) is 72.1 Å². The summed E-state index contributed by atoms with van der Waals surface area (Å²) in [5.41, 5.74) is 4.76. The van der Waals surface area contributed by atoms with Gasteiger partial charge in [-0.1, -0.05) is 36.4 Å². The second-order valence-corrected chi connectivity index (χ2v) is 7.36. The van der Waals surface area contributed by atoms with E-state index < -0.39 is 0 Å². The van der Waals surface area contributed by atoms with E-state index in [1.54, 1.807) is 11.8 Å². The van der Waals surface area contributed by atoms with E-state index in [1.807, 2.05) is 36.3 Å². The molecule has 5 heteroatoms. The van der Waals surface area contributed by atoms with E-state index in [0.717, 1.165) is 16.5 Å². The van der Waals surface area contributed by atoms with Gasteiger partial charge in [0.15, 0.2) is 0 Å². The van der Waals surface area contributed by atoms with Gasteiger partial charge in [-0.05, 0) is 18.4 Å². The van der Waals surface area contributed by atoms with Crippen LogP contribution in [0.25, 0.3) is 0 Å². The molecule has 0 fully saturated rings. The van der Waals surface area contributed by atoms with Gasteiger partial charge in [-0.15, -0.1) is 23.5 Å². The molecule has 0 amide bonds. The Morgan fingerprint density at radius 3 is 2.83 bits per heavy atom. The molecule has 3 nitrogen and oxygen atoms in total. The minimum absolute atomic E-state index is 0.298. The third kappa shape index (κ3) is 2.89. The molecule has 1 atom stereocenters. The summed E-state index contributed by atoms with van der Waals surface area (Å²) >= 11 is 3.61. The van der Waals surface area contributed by atoms with Crippen LogP contribution in [0.4, 0.5) is 5.69 Å². The second-order valence-electron chi connectivity index (χ2n) is 5.49. The Morgan fingerprint density at radius 2 is 2.08 bits per heavy atom. The third-order valence-electron chi connectivity index (χ3n) is 4.04. The molecule has 24 heavy (non-hydrogen) atoms. The molecule has 1 unspecified atom stereocenters. The molecule has 0 saturated heterocycles. The van der Waals surface area contributed by atoms with Crippen molar-refractivity contribution in [3.05, 3.63) is 83.9 Å². The molecule has 0 N–H and O–H groups in total. The summed E-state index contributed by atoms with van der Waals surface area (Å²) in [5, 5.41) is 1.35. The smallest absolute Gasteiger partial charge is 0.106 e. The lowest BCUT2D eigenvalue weighted by Crippen LogP contribution is -2.01. The summed E-state index contributed by atoms with van der Waals surface area (Å²) in [4.78, 5) is 9.19. The van der Waals surface area contributed by atoms with Crippen molar-refractivity contribution in [1.29, 1.82) is 0 Å². The number of nitrogens with zero attached hydrogens (tertiary/aromatic N) is 3. The van der Waals surface area contributed by atoms with Gasteiger partial charge in [-0.2, -0.15) is 0 Å².